The molecule has 0 unspecified atom stereocenters. The number of nitrogens with zero attached hydrogens (tertiary/aromatic N) is 1. The SMILES string of the molecule is O=C(NCc1ccccc1)[C@@H](Cc1ccccc1)N(Cc1ccccc1)[C@@H]1[C@H](O)[C@H](c2ccccc2)C=C[C@H]1CO. The number of aliphatic hydroxyl groups is 2. The molecule has 0 bridgehead atoms. The summed E-state index contributed by atoms with van der Waals surface area (Å²) in [5.74, 6) is -0.704. The smallest absolute Gasteiger partial charge is 0.237 e. The summed E-state index contributed by atoms with van der Waals surface area (Å²) in [6, 6.07) is 38.8. The van der Waals surface area contributed by atoms with Crippen LogP contribution in [0.25, 0.3) is 0 Å². The van der Waals surface area contributed by atoms with Gasteiger partial charge in [-0.05, 0) is 28.7 Å². The molecule has 0 aliphatic heterocycles. The molecular formula is C36H38N2O3. The van der Waals surface area contributed by atoms with Crippen molar-refractivity contribution in [2.75, 3.05) is 6.61 Å². The fourth-order valence-corrected chi connectivity index (χ4v) is 5.87. The number of nitrogens with one attached hydrogen (secondary N) is 1. The summed E-state index contributed by atoms with van der Waals surface area (Å²) < 4.78 is 0. The molecular weight excluding hydrogens is 508 g/mol. The zero-order chi connectivity index (χ0) is 28.4. The molecule has 5 heteroatoms. The first kappa shape index (κ1) is 28.5. The molecule has 0 aromatic heterocycles. The number of aliphatic hydroxyl groups excluding tert-OH is 2. The quantitative estimate of drug-likeness (QED) is 0.229. The highest BCUT2D eigenvalue weighted by Crippen LogP contribution is 2.36. The van der Waals surface area contributed by atoms with E-state index >= 15 is 0 Å². The van der Waals surface area contributed by atoms with Gasteiger partial charge in [0, 0.05) is 31.0 Å². The summed E-state index contributed by atoms with van der Waals surface area (Å²) in [4.78, 5) is 16.3. The highest BCUT2D eigenvalue weighted by Gasteiger charge is 2.43. The van der Waals surface area contributed by atoms with Gasteiger partial charge < -0.3 is 15.5 Å². The molecule has 0 saturated carbocycles. The second kappa shape index (κ2) is 14.0. The van der Waals surface area contributed by atoms with Gasteiger partial charge in [-0.15, -0.1) is 0 Å². The van der Waals surface area contributed by atoms with Gasteiger partial charge in [0.25, 0.3) is 0 Å². The first-order chi connectivity index (χ1) is 20.1. The van der Waals surface area contributed by atoms with Crippen molar-refractivity contribution in [3.63, 3.8) is 0 Å². The molecule has 41 heavy (non-hydrogen) atoms. The van der Waals surface area contributed by atoms with E-state index in [-0.39, 0.29) is 24.3 Å². The van der Waals surface area contributed by atoms with Gasteiger partial charge in [0.1, 0.15) is 0 Å². The van der Waals surface area contributed by atoms with Crippen molar-refractivity contribution in [2.45, 2.75) is 43.6 Å². The van der Waals surface area contributed by atoms with Crippen molar-refractivity contribution < 1.29 is 15.0 Å². The number of benzene rings is 4. The summed E-state index contributed by atoms with van der Waals surface area (Å²) in [5.41, 5.74) is 4.10. The molecule has 0 radical (unpaired) electrons. The molecule has 1 aliphatic carbocycles. The lowest BCUT2D eigenvalue weighted by molar-refractivity contribution is -0.130. The van der Waals surface area contributed by atoms with Crippen molar-refractivity contribution in [3.05, 3.63) is 156 Å². The van der Waals surface area contributed by atoms with Crippen LogP contribution in [0.2, 0.25) is 0 Å². The Balaban J connectivity index is 1.54. The lowest BCUT2D eigenvalue weighted by atomic mass is 9.77. The Morgan fingerprint density at radius 3 is 1.85 bits per heavy atom. The summed E-state index contributed by atoms with van der Waals surface area (Å²) in [6.07, 6.45) is 3.65. The van der Waals surface area contributed by atoms with Crippen molar-refractivity contribution in [1.29, 1.82) is 0 Å². The van der Waals surface area contributed by atoms with Crippen molar-refractivity contribution >= 4 is 5.91 Å². The number of rotatable bonds is 11. The zero-order valence-corrected chi connectivity index (χ0v) is 23.2. The average molecular weight is 547 g/mol. The minimum absolute atomic E-state index is 0.108. The van der Waals surface area contributed by atoms with Crippen molar-refractivity contribution in [3.8, 4) is 0 Å². The van der Waals surface area contributed by atoms with Gasteiger partial charge in [0.05, 0.1) is 18.8 Å². The first-order valence-corrected chi connectivity index (χ1v) is 14.3. The number of carbonyl (C=O) groups is 1. The van der Waals surface area contributed by atoms with Crippen LogP contribution in [-0.4, -0.2) is 45.8 Å². The summed E-state index contributed by atoms with van der Waals surface area (Å²) in [5, 5.41) is 25.7. The third-order valence-corrected chi connectivity index (χ3v) is 7.99. The first-order valence-electron chi connectivity index (χ1n) is 14.3. The average Bonchev–Trinajstić information content (AvgIpc) is 3.03. The largest absolute Gasteiger partial charge is 0.396 e. The van der Waals surface area contributed by atoms with Crippen LogP contribution in [0.4, 0.5) is 0 Å². The topological polar surface area (TPSA) is 72.8 Å². The van der Waals surface area contributed by atoms with Crippen LogP contribution in [0.5, 0.6) is 0 Å². The molecule has 5 rings (SSSR count). The molecule has 0 fully saturated rings. The monoisotopic (exact) mass is 546 g/mol. The lowest BCUT2D eigenvalue weighted by Crippen LogP contribution is -2.59. The van der Waals surface area contributed by atoms with Crippen LogP contribution in [-0.2, 0) is 24.3 Å². The van der Waals surface area contributed by atoms with Crippen LogP contribution < -0.4 is 5.32 Å². The predicted octanol–water partition coefficient (Wildman–Crippen LogP) is 5.11. The fraction of sp³-hybridized carbons (Fsp3) is 0.250. The standard InChI is InChI=1S/C36H38N2O3/c39-26-31-21-22-32(30-19-11-4-12-20-30)35(40)34(31)38(25-29-17-9-3-10-18-29)33(23-27-13-5-1-6-14-27)36(41)37-24-28-15-7-2-8-16-28/h1-22,31-35,39-40H,23-26H2,(H,37,41)/t31-,32-,33+,34-,35+/m0/s1. The number of amides is 1. The Labute approximate surface area is 242 Å². The molecule has 5 nitrogen and oxygen atoms in total. The highest BCUT2D eigenvalue weighted by molar-refractivity contribution is 5.82. The van der Waals surface area contributed by atoms with Crippen molar-refractivity contribution in [1.82, 2.24) is 10.2 Å². The van der Waals surface area contributed by atoms with Crippen LogP contribution in [0, 0.1) is 5.92 Å². The third kappa shape index (κ3) is 7.19. The molecule has 0 spiro atoms. The molecule has 0 heterocycles. The second-order valence-electron chi connectivity index (χ2n) is 10.7. The second-order valence-corrected chi connectivity index (χ2v) is 10.7. The molecule has 4 aromatic rings. The Morgan fingerprint density at radius 2 is 1.27 bits per heavy atom. The van der Waals surface area contributed by atoms with Gasteiger partial charge >= 0.3 is 0 Å². The van der Waals surface area contributed by atoms with Gasteiger partial charge in [0.2, 0.25) is 5.91 Å². The summed E-state index contributed by atoms with van der Waals surface area (Å²) >= 11 is 0. The maximum absolute atomic E-state index is 14.1. The van der Waals surface area contributed by atoms with E-state index in [1.807, 2.05) is 133 Å². The highest BCUT2D eigenvalue weighted by atomic mass is 16.3. The Kier molecular flexibility index (Phi) is 9.76. The molecule has 1 amide bonds. The molecule has 4 aromatic carbocycles. The number of hydrogen-bond donors (Lipinski definition) is 3. The van der Waals surface area contributed by atoms with Crippen LogP contribution >= 0.6 is 0 Å². The van der Waals surface area contributed by atoms with Crippen LogP contribution in [0.15, 0.2) is 133 Å². The molecule has 210 valence electrons. The summed E-state index contributed by atoms with van der Waals surface area (Å²) in [7, 11) is 0. The zero-order valence-electron chi connectivity index (χ0n) is 23.2. The van der Waals surface area contributed by atoms with E-state index in [0.717, 1.165) is 22.3 Å². The molecule has 5 atom stereocenters. The van der Waals surface area contributed by atoms with Gasteiger partial charge in [0.15, 0.2) is 0 Å². The van der Waals surface area contributed by atoms with Crippen molar-refractivity contribution in [2.24, 2.45) is 5.92 Å². The lowest BCUT2D eigenvalue weighted by Gasteiger charge is -2.46. The van der Waals surface area contributed by atoms with E-state index in [2.05, 4.69) is 10.2 Å². The molecule has 3 N–H and O–H groups in total. The van der Waals surface area contributed by atoms with E-state index in [1.54, 1.807) is 0 Å². The van der Waals surface area contributed by atoms with Crippen LogP contribution in [0.1, 0.15) is 28.2 Å². The van der Waals surface area contributed by atoms with Gasteiger partial charge in [-0.25, -0.2) is 0 Å². The minimum Gasteiger partial charge on any atom is -0.396 e. The third-order valence-electron chi connectivity index (χ3n) is 7.99. The van der Waals surface area contributed by atoms with E-state index < -0.39 is 18.2 Å². The van der Waals surface area contributed by atoms with Gasteiger partial charge in [-0.2, -0.15) is 0 Å². The Hall–Kier alpha value is -4.03. The van der Waals surface area contributed by atoms with E-state index in [4.69, 9.17) is 0 Å². The number of hydrogen-bond acceptors (Lipinski definition) is 4. The van der Waals surface area contributed by atoms with Crippen LogP contribution in [0.3, 0.4) is 0 Å². The van der Waals surface area contributed by atoms with E-state index in [9.17, 15) is 15.0 Å². The van der Waals surface area contributed by atoms with E-state index in [0.29, 0.717) is 19.5 Å². The normalized spacial score (nSPS) is 21.0. The van der Waals surface area contributed by atoms with E-state index in [1.165, 1.54) is 0 Å². The Bertz CT molecular complexity index is 1380. The number of carbonyl (C=O) groups excluding carboxylic acids is 1. The molecule has 1 aliphatic rings. The Morgan fingerprint density at radius 1 is 0.732 bits per heavy atom. The maximum atomic E-state index is 14.1. The van der Waals surface area contributed by atoms with Gasteiger partial charge in [-0.3, -0.25) is 9.69 Å². The fourth-order valence-electron chi connectivity index (χ4n) is 5.87. The predicted molar refractivity (Wildman–Crippen MR) is 163 cm³/mol. The summed E-state index contributed by atoms with van der Waals surface area (Å²) in [6.45, 7) is 0.729. The minimum atomic E-state index is -0.830. The maximum Gasteiger partial charge on any atom is 0.237 e. The molecule has 0 saturated heterocycles. The van der Waals surface area contributed by atoms with Gasteiger partial charge in [-0.1, -0.05) is 133 Å².